The van der Waals surface area contributed by atoms with Gasteiger partial charge in [-0.3, -0.25) is 0 Å². The third-order valence-corrected chi connectivity index (χ3v) is 4.73. The number of aromatic nitrogens is 4. The van der Waals surface area contributed by atoms with Crippen LogP contribution >= 0.6 is 11.3 Å². The highest BCUT2D eigenvalue weighted by Gasteiger charge is 2.25. The molecule has 1 N–H and O–H groups in total. The summed E-state index contributed by atoms with van der Waals surface area (Å²) >= 11 is 1.56. The number of para-hydroxylation sites is 1. The molecule has 0 saturated carbocycles. The smallest absolute Gasteiger partial charge is 0.183 e. The highest BCUT2D eigenvalue weighted by molar-refractivity contribution is 7.14. The molecule has 1 atom stereocenters. The third-order valence-electron chi connectivity index (χ3n) is 3.87. The van der Waals surface area contributed by atoms with Gasteiger partial charge in [-0.15, -0.1) is 11.3 Å². The van der Waals surface area contributed by atoms with E-state index in [9.17, 15) is 0 Å². The van der Waals surface area contributed by atoms with Crippen molar-refractivity contribution in [1.82, 2.24) is 19.7 Å². The molecule has 1 fully saturated rings. The maximum Gasteiger partial charge on any atom is 0.183 e. The first-order chi connectivity index (χ1) is 11.3. The molecule has 0 spiro atoms. The van der Waals surface area contributed by atoms with Gasteiger partial charge < -0.3 is 10.1 Å². The predicted octanol–water partition coefficient (Wildman–Crippen LogP) is 2.94. The van der Waals surface area contributed by atoms with E-state index in [1.807, 2.05) is 47.4 Å². The minimum absolute atomic E-state index is 0.265. The van der Waals surface area contributed by atoms with Crippen molar-refractivity contribution in [2.24, 2.45) is 0 Å². The van der Waals surface area contributed by atoms with Crippen LogP contribution in [0.5, 0.6) is 0 Å². The fraction of sp³-hybridized carbons (Fsp3) is 0.312. The molecule has 1 saturated heterocycles. The summed E-state index contributed by atoms with van der Waals surface area (Å²) in [5.41, 5.74) is 1.82. The fourth-order valence-corrected chi connectivity index (χ4v) is 3.30. The SMILES string of the molecule is CNc1nc(-c2nc(C3CCOC3)nn2-c2ccccc2)cs1. The zero-order chi connectivity index (χ0) is 15.6. The second-order valence-corrected chi connectivity index (χ2v) is 6.25. The lowest BCUT2D eigenvalue weighted by Gasteiger charge is -2.03. The molecular weight excluding hydrogens is 310 g/mol. The number of ether oxygens (including phenoxy) is 1. The minimum atomic E-state index is 0.265. The van der Waals surface area contributed by atoms with Crippen LogP contribution in [0.2, 0.25) is 0 Å². The summed E-state index contributed by atoms with van der Waals surface area (Å²) in [5.74, 6) is 1.87. The molecule has 1 unspecified atom stereocenters. The molecule has 0 bridgehead atoms. The average Bonchev–Trinajstić information content (AvgIpc) is 3.33. The number of anilines is 1. The van der Waals surface area contributed by atoms with Crippen LogP contribution in [0, 0.1) is 0 Å². The van der Waals surface area contributed by atoms with E-state index in [0.717, 1.165) is 41.2 Å². The Morgan fingerprint density at radius 3 is 2.83 bits per heavy atom. The van der Waals surface area contributed by atoms with Gasteiger partial charge in [0.15, 0.2) is 16.8 Å². The minimum Gasteiger partial charge on any atom is -0.381 e. The fourth-order valence-electron chi connectivity index (χ4n) is 2.65. The summed E-state index contributed by atoms with van der Waals surface area (Å²) in [5, 5.41) is 10.7. The van der Waals surface area contributed by atoms with Crippen molar-refractivity contribution in [3.63, 3.8) is 0 Å². The maximum absolute atomic E-state index is 5.48. The van der Waals surface area contributed by atoms with Gasteiger partial charge in [0.1, 0.15) is 5.69 Å². The molecule has 1 aromatic carbocycles. The van der Waals surface area contributed by atoms with E-state index in [4.69, 9.17) is 14.8 Å². The summed E-state index contributed by atoms with van der Waals surface area (Å²) in [6, 6.07) is 10.0. The van der Waals surface area contributed by atoms with Gasteiger partial charge in [0.25, 0.3) is 0 Å². The lowest BCUT2D eigenvalue weighted by Crippen LogP contribution is -2.02. The van der Waals surface area contributed by atoms with Crippen molar-refractivity contribution in [3.8, 4) is 17.2 Å². The molecule has 1 aliphatic rings. The summed E-state index contributed by atoms with van der Waals surface area (Å²) in [6.45, 7) is 1.47. The maximum atomic E-state index is 5.48. The van der Waals surface area contributed by atoms with Crippen molar-refractivity contribution in [1.29, 1.82) is 0 Å². The number of nitrogens with one attached hydrogen (secondary N) is 1. The topological polar surface area (TPSA) is 64.9 Å². The van der Waals surface area contributed by atoms with E-state index in [1.54, 1.807) is 11.3 Å². The highest BCUT2D eigenvalue weighted by Crippen LogP contribution is 2.29. The quantitative estimate of drug-likeness (QED) is 0.798. The second kappa shape index (κ2) is 6.10. The molecule has 0 aliphatic carbocycles. The molecule has 2 aromatic heterocycles. The van der Waals surface area contributed by atoms with E-state index >= 15 is 0 Å². The van der Waals surface area contributed by atoms with Crippen LogP contribution in [0.25, 0.3) is 17.2 Å². The van der Waals surface area contributed by atoms with Gasteiger partial charge in [-0.1, -0.05) is 18.2 Å². The lowest BCUT2D eigenvalue weighted by molar-refractivity contribution is 0.193. The van der Waals surface area contributed by atoms with Crippen LogP contribution in [-0.2, 0) is 4.74 Å². The van der Waals surface area contributed by atoms with E-state index < -0.39 is 0 Å². The Balaban J connectivity index is 1.81. The van der Waals surface area contributed by atoms with Crippen molar-refractivity contribution in [2.45, 2.75) is 12.3 Å². The monoisotopic (exact) mass is 327 g/mol. The van der Waals surface area contributed by atoms with Gasteiger partial charge >= 0.3 is 0 Å². The first-order valence-electron chi connectivity index (χ1n) is 7.59. The lowest BCUT2D eigenvalue weighted by atomic mass is 10.1. The molecule has 1 aliphatic heterocycles. The van der Waals surface area contributed by atoms with E-state index in [0.29, 0.717) is 6.61 Å². The summed E-state index contributed by atoms with van der Waals surface area (Å²) in [6.07, 6.45) is 0.969. The van der Waals surface area contributed by atoms with Gasteiger partial charge in [0.2, 0.25) is 0 Å². The number of hydrogen-bond acceptors (Lipinski definition) is 6. The van der Waals surface area contributed by atoms with Crippen molar-refractivity contribution < 1.29 is 4.74 Å². The van der Waals surface area contributed by atoms with Crippen LogP contribution < -0.4 is 5.32 Å². The van der Waals surface area contributed by atoms with Gasteiger partial charge in [-0.25, -0.2) is 14.6 Å². The Morgan fingerprint density at radius 1 is 1.26 bits per heavy atom. The molecular formula is C16H17N5OS. The molecule has 3 heterocycles. The van der Waals surface area contributed by atoms with Crippen molar-refractivity contribution in [2.75, 3.05) is 25.6 Å². The standard InChI is InChI=1S/C16H17N5OS/c1-17-16-18-13(10-23-16)15-19-14(11-7-8-22-9-11)20-21(15)12-5-3-2-4-6-12/h2-6,10-11H,7-9H2,1H3,(H,17,18). The number of rotatable bonds is 4. The molecule has 0 amide bonds. The van der Waals surface area contributed by atoms with Gasteiger partial charge in [-0.2, -0.15) is 5.10 Å². The van der Waals surface area contributed by atoms with E-state index in [2.05, 4.69) is 10.3 Å². The largest absolute Gasteiger partial charge is 0.381 e. The zero-order valence-electron chi connectivity index (χ0n) is 12.8. The van der Waals surface area contributed by atoms with Crippen molar-refractivity contribution >= 4 is 16.5 Å². The molecule has 4 rings (SSSR count). The second-order valence-electron chi connectivity index (χ2n) is 5.39. The number of hydrogen-bond donors (Lipinski definition) is 1. The van der Waals surface area contributed by atoms with E-state index in [1.165, 1.54) is 0 Å². The Hall–Kier alpha value is -2.25. The summed E-state index contributed by atoms with van der Waals surface area (Å²) < 4.78 is 7.36. The summed E-state index contributed by atoms with van der Waals surface area (Å²) in [7, 11) is 1.87. The van der Waals surface area contributed by atoms with E-state index in [-0.39, 0.29) is 5.92 Å². The molecule has 0 radical (unpaired) electrons. The Kier molecular flexibility index (Phi) is 3.80. The molecule has 7 heteroatoms. The first kappa shape index (κ1) is 14.3. The zero-order valence-corrected chi connectivity index (χ0v) is 13.6. The van der Waals surface area contributed by atoms with Crippen LogP contribution in [0.4, 0.5) is 5.13 Å². The molecule has 23 heavy (non-hydrogen) atoms. The molecule has 118 valence electrons. The summed E-state index contributed by atoms with van der Waals surface area (Å²) in [4.78, 5) is 9.35. The van der Waals surface area contributed by atoms with Gasteiger partial charge in [-0.05, 0) is 18.6 Å². The Morgan fingerprint density at radius 2 is 2.13 bits per heavy atom. The van der Waals surface area contributed by atoms with Crippen LogP contribution in [0.3, 0.4) is 0 Å². The van der Waals surface area contributed by atoms with Crippen LogP contribution in [0.15, 0.2) is 35.7 Å². The highest BCUT2D eigenvalue weighted by atomic mass is 32.1. The third kappa shape index (κ3) is 2.73. The molecule has 3 aromatic rings. The van der Waals surface area contributed by atoms with Gasteiger partial charge in [0, 0.05) is 25.0 Å². The van der Waals surface area contributed by atoms with Crippen LogP contribution in [-0.4, -0.2) is 40.0 Å². The number of thiazole rings is 1. The Bertz CT molecular complexity index is 792. The van der Waals surface area contributed by atoms with Gasteiger partial charge in [0.05, 0.1) is 12.3 Å². The molecule has 6 nitrogen and oxygen atoms in total. The number of benzene rings is 1. The predicted molar refractivity (Wildman–Crippen MR) is 90.2 cm³/mol. The average molecular weight is 327 g/mol. The number of nitrogens with zero attached hydrogens (tertiary/aromatic N) is 4. The Labute approximate surface area is 138 Å². The normalized spacial score (nSPS) is 17.5. The van der Waals surface area contributed by atoms with Crippen molar-refractivity contribution in [3.05, 3.63) is 41.5 Å². The van der Waals surface area contributed by atoms with Crippen LogP contribution in [0.1, 0.15) is 18.2 Å². The first-order valence-corrected chi connectivity index (χ1v) is 8.47.